The van der Waals surface area contributed by atoms with Crippen LogP contribution in [-0.4, -0.2) is 6.61 Å². The van der Waals surface area contributed by atoms with E-state index in [0.717, 1.165) is 15.7 Å². The van der Waals surface area contributed by atoms with Gasteiger partial charge in [0.15, 0.2) is 0 Å². The summed E-state index contributed by atoms with van der Waals surface area (Å²) >= 11 is 9.48. The topological polar surface area (TPSA) is 21.3 Å². The molecule has 112 valence electrons. The molecule has 0 fully saturated rings. The first-order valence-electron chi connectivity index (χ1n) is 6.22. The van der Waals surface area contributed by atoms with Gasteiger partial charge in [-0.15, -0.1) is 0 Å². The number of anilines is 1. The van der Waals surface area contributed by atoms with E-state index in [4.69, 9.17) is 11.6 Å². The molecule has 2 aromatic carbocycles. The molecular weight excluding hydrogens is 364 g/mol. The average molecular weight is 377 g/mol. The number of hydrogen-bond acceptors (Lipinski definition) is 2. The molecule has 2 nitrogen and oxygen atoms in total. The number of benzene rings is 2. The maximum Gasteiger partial charge on any atom is 0.387 e. The van der Waals surface area contributed by atoms with Gasteiger partial charge in [-0.2, -0.15) is 8.78 Å². The minimum absolute atomic E-state index is 0.107. The van der Waals surface area contributed by atoms with Crippen molar-refractivity contribution in [1.29, 1.82) is 0 Å². The van der Waals surface area contributed by atoms with Gasteiger partial charge in [0.05, 0.1) is 10.7 Å². The van der Waals surface area contributed by atoms with Gasteiger partial charge in [-0.05, 0) is 42.8 Å². The van der Waals surface area contributed by atoms with Crippen molar-refractivity contribution in [3.63, 3.8) is 0 Å². The van der Waals surface area contributed by atoms with Crippen molar-refractivity contribution in [2.75, 3.05) is 5.32 Å². The normalized spacial score (nSPS) is 12.3. The highest BCUT2D eigenvalue weighted by Crippen LogP contribution is 2.30. The zero-order valence-electron chi connectivity index (χ0n) is 11.1. The first kappa shape index (κ1) is 16.0. The van der Waals surface area contributed by atoms with Gasteiger partial charge in [-0.3, -0.25) is 0 Å². The Kier molecular flexibility index (Phi) is 5.42. The van der Waals surface area contributed by atoms with Crippen LogP contribution in [0.25, 0.3) is 0 Å². The number of ether oxygens (including phenoxy) is 1. The Hall–Kier alpha value is -1.33. The van der Waals surface area contributed by atoms with Crippen molar-refractivity contribution in [3.8, 4) is 5.75 Å². The predicted molar refractivity (Wildman–Crippen MR) is 84.3 cm³/mol. The molecule has 0 aliphatic rings. The summed E-state index contributed by atoms with van der Waals surface area (Å²) < 4.78 is 29.8. The highest BCUT2D eigenvalue weighted by atomic mass is 79.9. The van der Waals surface area contributed by atoms with Crippen LogP contribution in [0.1, 0.15) is 18.5 Å². The lowest BCUT2D eigenvalue weighted by atomic mass is 10.1. The van der Waals surface area contributed by atoms with Crippen molar-refractivity contribution in [2.45, 2.75) is 19.6 Å². The van der Waals surface area contributed by atoms with Gasteiger partial charge in [-0.1, -0.05) is 39.7 Å². The highest BCUT2D eigenvalue weighted by Gasteiger charge is 2.10. The van der Waals surface area contributed by atoms with Crippen LogP contribution >= 0.6 is 27.5 Å². The fourth-order valence-corrected chi connectivity index (χ4v) is 2.61. The zero-order chi connectivity index (χ0) is 15.4. The quantitative estimate of drug-likeness (QED) is 0.704. The number of halogens is 4. The van der Waals surface area contributed by atoms with E-state index in [9.17, 15) is 8.78 Å². The third-order valence-electron chi connectivity index (χ3n) is 2.89. The van der Waals surface area contributed by atoms with Crippen LogP contribution < -0.4 is 10.1 Å². The smallest absolute Gasteiger partial charge is 0.387 e. The molecule has 0 saturated carbocycles. The number of nitrogens with one attached hydrogen (secondary N) is 1. The summed E-state index contributed by atoms with van der Waals surface area (Å²) in [5.41, 5.74) is 1.60. The van der Waals surface area contributed by atoms with Crippen molar-refractivity contribution in [1.82, 2.24) is 0 Å². The Balaban J connectivity index is 2.14. The van der Waals surface area contributed by atoms with Gasteiger partial charge in [0, 0.05) is 10.5 Å². The van der Waals surface area contributed by atoms with Gasteiger partial charge in [0.2, 0.25) is 0 Å². The van der Waals surface area contributed by atoms with E-state index in [1.807, 2.05) is 25.1 Å². The average Bonchev–Trinajstić information content (AvgIpc) is 2.41. The van der Waals surface area contributed by atoms with Crippen LogP contribution in [0.3, 0.4) is 0 Å². The minimum atomic E-state index is -2.83. The molecule has 0 radical (unpaired) electrons. The summed E-state index contributed by atoms with van der Waals surface area (Å²) in [5, 5.41) is 3.82. The van der Waals surface area contributed by atoms with Crippen LogP contribution in [0.4, 0.5) is 14.5 Å². The van der Waals surface area contributed by atoms with Gasteiger partial charge < -0.3 is 10.1 Å². The van der Waals surface area contributed by atoms with Gasteiger partial charge in [-0.25, -0.2) is 0 Å². The lowest BCUT2D eigenvalue weighted by Crippen LogP contribution is -2.08. The summed E-state index contributed by atoms with van der Waals surface area (Å²) in [4.78, 5) is 0. The van der Waals surface area contributed by atoms with E-state index in [-0.39, 0.29) is 11.8 Å². The maximum absolute atomic E-state index is 12.2. The Labute approximate surface area is 135 Å². The SMILES string of the molecule is CC(Nc1ccc(Br)cc1Cl)c1cccc(OC(F)F)c1. The molecule has 0 bridgehead atoms. The molecule has 1 N–H and O–H groups in total. The lowest BCUT2D eigenvalue weighted by molar-refractivity contribution is -0.0498. The van der Waals surface area contributed by atoms with E-state index in [1.54, 1.807) is 18.2 Å². The molecule has 0 amide bonds. The van der Waals surface area contributed by atoms with E-state index in [0.29, 0.717) is 5.02 Å². The Bertz CT molecular complexity index is 624. The number of alkyl halides is 2. The van der Waals surface area contributed by atoms with Gasteiger partial charge in [0.1, 0.15) is 5.75 Å². The standard InChI is InChI=1S/C15H13BrClF2NO/c1-9(20-14-6-5-11(16)8-13(14)17)10-3-2-4-12(7-10)21-15(18)19/h2-9,15,20H,1H3. The predicted octanol–water partition coefficient (Wildman–Crippen LogP) is 5.88. The third-order valence-corrected chi connectivity index (χ3v) is 3.69. The molecule has 0 aliphatic carbocycles. The van der Waals surface area contributed by atoms with Crippen molar-refractivity contribution >= 4 is 33.2 Å². The molecule has 6 heteroatoms. The van der Waals surface area contributed by atoms with E-state index < -0.39 is 6.61 Å². The molecule has 0 spiro atoms. The first-order valence-corrected chi connectivity index (χ1v) is 7.39. The zero-order valence-corrected chi connectivity index (χ0v) is 13.5. The second-order valence-electron chi connectivity index (χ2n) is 4.44. The summed E-state index contributed by atoms with van der Waals surface area (Å²) in [6.45, 7) is -0.913. The molecule has 0 aromatic heterocycles. The van der Waals surface area contributed by atoms with E-state index >= 15 is 0 Å². The molecule has 2 aromatic rings. The van der Waals surface area contributed by atoms with Crippen LogP contribution in [0.5, 0.6) is 5.75 Å². The monoisotopic (exact) mass is 375 g/mol. The van der Waals surface area contributed by atoms with Crippen LogP contribution in [0, 0.1) is 0 Å². The van der Waals surface area contributed by atoms with Crippen molar-refractivity contribution in [3.05, 3.63) is 57.5 Å². The van der Waals surface area contributed by atoms with Gasteiger partial charge in [0.25, 0.3) is 0 Å². The molecule has 0 saturated heterocycles. The first-order chi connectivity index (χ1) is 9.95. The molecule has 21 heavy (non-hydrogen) atoms. The van der Waals surface area contributed by atoms with Crippen LogP contribution in [0.2, 0.25) is 5.02 Å². The number of hydrogen-bond donors (Lipinski definition) is 1. The van der Waals surface area contributed by atoms with E-state index in [2.05, 4.69) is 26.0 Å². The molecule has 0 heterocycles. The Morgan fingerprint density at radius 1 is 1.19 bits per heavy atom. The Morgan fingerprint density at radius 2 is 1.95 bits per heavy atom. The summed E-state index contributed by atoms with van der Waals surface area (Å²) in [6.07, 6.45) is 0. The Morgan fingerprint density at radius 3 is 2.62 bits per heavy atom. The lowest BCUT2D eigenvalue weighted by Gasteiger charge is -2.17. The summed E-state index contributed by atoms with van der Waals surface area (Å²) in [6, 6.07) is 12.0. The fourth-order valence-electron chi connectivity index (χ4n) is 1.88. The molecule has 1 unspecified atom stereocenters. The molecular formula is C15H13BrClF2NO. The molecule has 2 rings (SSSR count). The maximum atomic E-state index is 12.2. The second-order valence-corrected chi connectivity index (χ2v) is 5.76. The molecule has 0 aliphatic heterocycles. The molecule has 1 atom stereocenters. The van der Waals surface area contributed by atoms with Crippen LogP contribution in [0.15, 0.2) is 46.9 Å². The van der Waals surface area contributed by atoms with E-state index in [1.165, 1.54) is 6.07 Å². The second kappa shape index (κ2) is 7.09. The van der Waals surface area contributed by atoms with Crippen molar-refractivity contribution < 1.29 is 13.5 Å². The fraction of sp³-hybridized carbons (Fsp3) is 0.200. The highest BCUT2D eigenvalue weighted by molar-refractivity contribution is 9.10. The largest absolute Gasteiger partial charge is 0.435 e. The minimum Gasteiger partial charge on any atom is -0.435 e. The number of rotatable bonds is 5. The van der Waals surface area contributed by atoms with Crippen molar-refractivity contribution in [2.24, 2.45) is 0 Å². The third kappa shape index (κ3) is 4.58. The van der Waals surface area contributed by atoms with Crippen LogP contribution in [-0.2, 0) is 0 Å². The summed E-state index contributed by atoms with van der Waals surface area (Å²) in [5.74, 6) is 0.137. The van der Waals surface area contributed by atoms with Gasteiger partial charge >= 0.3 is 6.61 Å². The summed E-state index contributed by atoms with van der Waals surface area (Å²) in [7, 11) is 0.